The largest absolute Gasteiger partial charge is 0.235 e. The molecule has 28 heavy (non-hydrogen) atoms. The van der Waals surface area contributed by atoms with E-state index in [9.17, 15) is 28.8 Å². The number of rotatable bonds is 15. The van der Waals surface area contributed by atoms with E-state index < -0.39 is 24.0 Å². The van der Waals surface area contributed by atoms with Gasteiger partial charge in [-0.15, -0.1) is 0 Å². The van der Waals surface area contributed by atoms with E-state index in [1.807, 2.05) is 0 Å². The standard InChI is InChI=1S/C16H16N6O6/c23-7-17-4-1-2-13(20-10-26)16(15(22-12-28)6-19-9-25)14(21-11-27)3-5-18-8-24/h13-16H,1-6H2. The molecule has 4 unspecified atom stereocenters. The van der Waals surface area contributed by atoms with Gasteiger partial charge < -0.3 is 0 Å². The SMILES string of the molecule is O=C=NCCCC(N=C=O)C(C(CCN=C=O)N=C=O)C(CN=C=O)N=C=O. The predicted molar refractivity (Wildman–Crippen MR) is 92.0 cm³/mol. The molecule has 146 valence electrons. The van der Waals surface area contributed by atoms with E-state index in [-0.39, 0.29) is 32.5 Å². The highest BCUT2D eigenvalue weighted by molar-refractivity contribution is 5.38. The fraction of sp³-hybridized carbons (Fsp3) is 0.625. The van der Waals surface area contributed by atoms with Gasteiger partial charge in [-0.1, -0.05) is 0 Å². The molecule has 0 bridgehead atoms. The third-order valence-corrected chi connectivity index (χ3v) is 3.77. The summed E-state index contributed by atoms with van der Waals surface area (Å²) in [4.78, 5) is 84.6. The summed E-state index contributed by atoms with van der Waals surface area (Å²) in [5, 5.41) is 0. The number of isocyanates is 6. The van der Waals surface area contributed by atoms with Crippen molar-refractivity contribution in [1.29, 1.82) is 0 Å². The van der Waals surface area contributed by atoms with Gasteiger partial charge in [0.05, 0.1) is 37.8 Å². The van der Waals surface area contributed by atoms with Gasteiger partial charge in [-0.25, -0.2) is 58.7 Å². The van der Waals surface area contributed by atoms with Crippen LogP contribution in [0.25, 0.3) is 0 Å². The Hall–Kier alpha value is -3.72. The number of hydrogen-bond donors (Lipinski definition) is 0. The highest BCUT2D eigenvalue weighted by atomic mass is 16.1. The van der Waals surface area contributed by atoms with Crippen LogP contribution in [0, 0.1) is 5.92 Å². The summed E-state index contributed by atoms with van der Waals surface area (Å²) in [6.07, 6.45) is 8.67. The molecule has 4 atom stereocenters. The van der Waals surface area contributed by atoms with Crippen molar-refractivity contribution in [2.45, 2.75) is 37.4 Å². The van der Waals surface area contributed by atoms with E-state index in [0.29, 0.717) is 6.42 Å². The van der Waals surface area contributed by atoms with Crippen LogP contribution in [0.4, 0.5) is 0 Å². The van der Waals surface area contributed by atoms with Gasteiger partial charge >= 0.3 is 0 Å². The van der Waals surface area contributed by atoms with Crippen LogP contribution in [-0.4, -0.2) is 74.2 Å². The molecular weight excluding hydrogens is 372 g/mol. The van der Waals surface area contributed by atoms with Gasteiger partial charge in [0.1, 0.15) is 0 Å². The van der Waals surface area contributed by atoms with Crippen LogP contribution < -0.4 is 0 Å². The molecule has 12 heteroatoms. The third kappa shape index (κ3) is 9.68. The quantitative estimate of drug-likeness (QED) is 0.215. The summed E-state index contributed by atoms with van der Waals surface area (Å²) in [6.45, 7) is -0.258. The van der Waals surface area contributed by atoms with Gasteiger partial charge in [-0.3, -0.25) is 0 Å². The molecule has 0 spiro atoms. The van der Waals surface area contributed by atoms with Crippen LogP contribution in [0.1, 0.15) is 19.3 Å². The summed E-state index contributed by atoms with van der Waals surface area (Å²) >= 11 is 0. The van der Waals surface area contributed by atoms with Gasteiger partial charge in [-0.2, -0.15) is 0 Å². The molecule has 0 aliphatic heterocycles. The van der Waals surface area contributed by atoms with Crippen LogP contribution in [0.3, 0.4) is 0 Å². The lowest BCUT2D eigenvalue weighted by molar-refractivity contribution is 0.278. The minimum absolute atomic E-state index is 0.0438. The Kier molecular flexibility index (Phi) is 14.5. The highest BCUT2D eigenvalue weighted by Crippen LogP contribution is 2.27. The molecule has 0 rings (SSSR count). The average Bonchev–Trinajstić information content (AvgIpc) is 2.69. The minimum Gasteiger partial charge on any atom is -0.211 e. The molecule has 0 saturated carbocycles. The molecule has 0 aromatic carbocycles. The summed E-state index contributed by atoms with van der Waals surface area (Å²) in [5.74, 6) is -0.886. The molecule has 0 N–H and O–H groups in total. The van der Waals surface area contributed by atoms with Gasteiger partial charge in [0.2, 0.25) is 36.5 Å². The molecule has 12 nitrogen and oxygen atoms in total. The summed E-state index contributed by atoms with van der Waals surface area (Å²) < 4.78 is 0. The number of aliphatic imine (C=N–C) groups is 6. The topological polar surface area (TPSA) is 177 Å². The first-order chi connectivity index (χ1) is 13.7. The van der Waals surface area contributed by atoms with Crippen molar-refractivity contribution in [1.82, 2.24) is 0 Å². The molecular formula is C16H16N6O6. The zero-order valence-corrected chi connectivity index (χ0v) is 14.7. The Morgan fingerprint density at radius 2 is 1.04 bits per heavy atom. The molecule has 0 aliphatic carbocycles. The maximum atomic E-state index is 10.9. The van der Waals surface area contributed by atoms with Gasteiger partial charge in [-0.05, 0) is 19.3 Å². The van der Waals surface area contributed by atoms with E-state index in [1.165, 1.54) is 36.5 Å². The third-order valence-electron chi connectivity index (χ3n) is 3.77. The first-order valence-corrected chi connectivity index (χ1v) is 8.01. The minimum atomic E-state index is -1.03. The van der Waals surface area contributed by atoms with Crippen molar-refractivity contribution in [3.05, 3.63) is 0 Å². The normalized spacial score (nSPS) is 13.3. The maximum absolute atomic E-state index is 10.9. The van der Waals surface area contributed by atoms with E-state index in [2.05, 4.69) is 30.0 Å². The second kappa shape index (κ2) is 16.7. The summed E-state index contributed by atoms with van der Waals surface area (Å²) in [5.41, 5.74) is 0. The molecule has 0 saturated heterocycles. The van der Waals surface area contributed by atoms with Gasteiger partial charge in [0, 0.05) is 5.92 Å². The van der Waals surface area contributed by atoms with Gasteiger partial charge in [0.25, 0.3) is 0 Å². The Bertz CT molecular complexity index is 777. The van der Waals surface area contributed by atoms with Crippen molar-refractivity contribution in [3.63, 3.8) is 0 Å². The first kappa shape index (κ1) is 24.3. The second-order valence-corrected chi connectivity index (χ2v) is 5.25. The highest BCUT2D eigenvalue weighted by Gasteiger charge is 2.36. The Morgan fingerprint density at radius 1 is 0.536 bits per heavy atom. The summed E-state index contributed by atoms with van der Waals surface area (Å²) in [6, 6.07) is -2.82. The summed E-state index contributed by atoms with van der Waals surface area (Å²) in [7, 11) is 0. The number of nitrogens with zero attached hydrogens (tertiary/aromatic N) is 6. The monoisotopic (exact) mass is 388 g/mol. The number of carbonyl (C=O) groups excluding carboxylic acids is 6. The lowest BCUT2D eigenvalue weighted by Gasteiger charge is -2.30. The van der Waals surface area contributed by atoms with Crippen LogP contribution in [-0.2, 0) is 28.8 Å². The predicted octanol–water partition coefficient (Wildman–Crippen LogP) is -0.107. The molecule has 0 fully saturated rings. The smallest absolute Gasteiger partial charge is 0.211 e. The van der Waals surface area contributed by atoms with Crippen molar-refractivity contribution < 1.29 is 28.8 Å². The van der Waals surface area contributed by atoms with Crippen LogP contribution in [0.5, 0.6) is 0 Å². The molecule has 0 amide bonds. The van der Waals surface area contributed by atoms with Gasteiger partial charge in [0.15, 0.2) is 0 Å². The van der Waals surface area contributed by atoms with Crippen LogP contribution in [0.15, 0.2) is 30.0 Å². The Labute approximate surface area is 159 Å². The van der Waals surface area contributed by atoms with E-state index in [1.54, 1.807) is 0 Å². The van der Waals surface area contributed by atoms with Crippen molar-refractivity contribution in [3.8, 4) is 0 Å². The zero-order valence-electron chi connectivity index (χ0n) is 14.7. The van der Waals surface area contributed by atoms with Crippen LogP contribution in [0.2, 0.25) is 0 Å². The lowest BCUT2D eigenvalue weighted by Crippen LogP contribution is -2.40. The van der Waals surface area contributed by atoms with E-state index in [0.717, 1.165) is 0 Å². The Balaban J connectivity index is 6.06. The van der Waals surface area contributed by atoms with Crippen molar-refractivity contribution in [2.24, 2.45) is 35.9 Å². The second-order valence-electron chi connectivity index (χ2n) is 5.25. The van der Waals surface area contributed by atoms with Crippen molar-refractivity contribution in [2.75, 3.05) is 19.6 Å². The van der Waals surface area contributed by atoms with Crippen molar-refractivity contribution >= 4 is 36.5 Å². The van der Waals surface area contributed by atoms with E-state index >= 15 is 0 Å². The average molecular weight is 388 g/mol. The molecule has 0 radical (unpaired) electrons. The maximum Gasteiger partial charge on any atom is 0.235 e. The molecule has 0 aromatic heterocycles. The molecule has 0 aromatic rings. The van der Waals surface area contributed by atoms with E-state index in [4.69, 9.17) is 0 Å². The molecule has 0 heterocycles. The fourth-order valence-electron chi connectivity index (χ4n) is 2.71. The first-order valence-electron chi connectivity index (χ1n) is 8.01. The lowest BCUT2D eigenvalue weighted by atomic mass is 9.82. The molecule has 0 aliphatic rings. The fourth-order valence-corrected chi connectivity index (χ4v) is 2.71. The number of hydrogen-bond acceptors (Lipinski definition) is 12. The van der Waals surface area contributed by atoms with Crippen LogP contribution >= 0.6 is 0 Å². The Morgan fingerprint density at radius 3 is 1.57 bits per heavy atom. The zero-order chi connectivity index (χ0) is 21.0.